The highest BCUT2D eigenvalue weighted by Crippen LogP contribution is 2.32. The fourth-order valence-electron chi connectivity index (χ4n) is 3.04. The predicted molar refractivity (Wildman–Crippen MR) is 102 cm³/mol. The maximum Gasteiger partial charge on any atom is 0.231 e. The first-order valence-electron chi connectivity index (χ1n) is 8.98. The summed E-state index contributed by atoms with van der Waals surface area (Å²) in [6.45, 7) is 8.72. The van der Waals surface area contributed by atoms with Crippen molar-refractivity contribution >= 4 is 5.96 Å². The molecule has 7 heteroatoms. The molecular weight excluding hydrogens is 330 g/mol. The Morgan fingerprint density at radius 1 is 1.23 bits per heavy atom. The van der Waals surface area contributed by atoms with E-state index in [-0.39, 0.29) is 0 Å². The molecule has 1 aromatic carbocycles. The monoisotopic (exact) mass is 357 g/mol. The topological polar surface area (TPSA) is 72.7 Å². The molecular formula is C19H27N5O2. The molecule has 0 saturated heterocycles. The Hall–Kier alpha value is -2.70. The average Bonchev–Trinajstić information content (AvgIpc) is 3.18. The van der Waals surface area contributed by atoms with E-state index in [0.29, 0.717) is 13.3 Å². The van der Waals surface area contributed by atoms with Crippen molar-refractivity contribution in [3.8, 4) is 11.5 Å². The molecule has 140 valence electrons. The highest BCUT2D eigenvalue weighted by molar-refractivity contribution is 5.79. The third kappa shape index (κ3) is 4.09. The molecule has 0 radical (unpaired) electrons. The third-order valence-electron chi connectivity index (χ3n) is 4.53. The molecule has 0 aliphatic carbocycles. The van der Waals surface area contributed by atoms with E-state index in [0.717, 1.165) is 48.2 Å². The lowest BCUT2D eigenvalue weighted by molar-refractivity contribution is 0.174. The lowest BCUT2D eigenvalue weighted by Crippen LogP contribution is -2.38. The number of nitrogens with zero attached hydrogens (tertiary/aromatic N) is 3. The Morgan fingerprint density at radius 3 is 2.77 bits per heavy atom. The van der Waals surface area contributed by atoms with Gasteiger partial charge in [-0.25, -0.2) is 4.99 Å². The standard InChI is InChI=1S/C19H27N5O2/c1-5-20-19(21-9-8-16-13(2)23-24(4)14(16)3)22-11-15-6-7-17-18(10-15)26-12-25-17/h6-7,10H,5,8-9,11-12H2,1-4H3,(H2,20,21,22). The molecule has 0 atom stereocenters. The minimum Gasteiger partial charge on any atom is -0.454 e. The van der Waals surface area contributed by atoms with E-state index in [1.165, 1.54) is 11.3 Å². The second-order valence-corrected chi connectivity index (χ2v) is 6.33. The van der Waals surface area contributed by atoms with E-state index in [1.54, 1.807) is 0 Å². The fourth-order valence-corrected chi connectivity index (χ4v) is 3.04. The fraction of sp³-hybridized carbons (Fsp3) is 0.474. The van der Waals surface area contributed by atoms with Crippen LogP contribution in [0.15, 0.2) is 23.2 Å². The number of guanidine groups is 1. The van der Waals surface area contributed by atoms with E-state index in [9.17, 15) is 0 Å². The van der Waals surface area contributed by atoms with Crippen LogP contribution in [-0.2, 0) is 20.0 Å². The number of ether oxygens (including phenoxy) is 2. The summed E-state index contributed by atoms with van der Waals surface area (Å²) in [4.78, 5) is 4.67. The van der Waals surface area contributed by atoms with Crippen LogP contribution >= 0.6 is 0 Å². The zero-order valence-electron chi connectivity index (χ0n) is 15.9. The number of benzene rings is 1. The summed E-state index contributed by atoms with van der Waals surface area (Å²) < 4.78 is 12.7. The van der Waals surface area contributed by atoms with Gasteiger partial charge in [0.1, 0.15) is 0 Å². The summed E-state index contributed by atoms with van der Waals surface area (Å²) in [6.07, 6.45) is 0.917. The maximum absolute atomic E-state index is 5.42. The number of fused-ring (bicyclic) bond motifs is 1. The van der Waals surface area contributed by atoms with Crippen molar-refractivity contribution < 1.29 is 9.47 Å². The molecule has 0 fully saturated rings. The lowest BCUT2D eigenvalue weighted by Gasteiger charge is -2.11. The number of aryl methyl sites for hydroxylation is 2. The van der Waals surface area contributed by atoms with Gasteiger partial charge >= 0.3 is 0 Å². The Balaban J connectivity index is 1.58. The molecule has 0 unspecified atom stereocenters. The van der Waals surface area contributed by atoms with Crippen molar-refractivity contribution in [2.75, 3.05) is 19.9 Å². The summed E-state index contributed by atoms with van der Waals surface area (Å²) in [5.74, 6) is 2.40. The molecule has 2 N–H and O–H groups in total. The largest absolute Gasteiger partial charge is 0.454 e. The summed E-state index contributed by atoms with van der Waals surface area (Å²) in [5.41, 5.74) is 4.69. The molecule has 7 nitrogen and oxygen atoms in total. The van der Waals surface area contributed by atoms with Crippen molar-refractivity contribution in [2.24, 2.45) is 12.0 Å². The average molecular weight is 357 g/mol. The van der Waals surface area contributed by atoms with E-state index < -0.39 is 0 Å². The molecule has 26 heavy (non-hydrogen) atoms. The van der Waals surface area contributed by atoms with E-state index >= 15 is 0 Å². The summed E-state index contributed by atoms with van der Waals surface area (Å²) in [6, 6.07) is 5.93. The minimum absolute atomic E-state index is 0.291. The lowest BCUT2D eigenvalue weighted by atomic mass is 10.1. The van der Waals surface area contributed by atoms with Gasteiger partial charge in [0.15, 0.2) is 17.5 Å². The van der Waals surface area contributed by atoms with E-state index in [1.807, 2.05) is 29.9 Å². The highest BCUT2D eigenvalue weighted by Gasteiger charge is 2.13. The summed E-state index contributed by atoms with van der Waals surface area (Å²) in [5, 5.41) is 11.2. The number of aromatic nitrogens is 2. The summed E-state index contributed by atoms with van der Waals surface area (Å²) >= 11 is 0. The van der Waals surface area contributed by atoms with Gasteiger partial charge in [-0.2, -0.15) is 5.10 Å². The second kappa shape index (κ2) is 8.12. The summed E-state index contributed by atoms with van der Waals surface area (Å²) in [7, 11) is 1.98. The van der Waals surface area contributed by atoms with Crippen LogP contribution in [0.4, 0.5) is 0 Å². The van der Waals surface area contributed by atoms with Gasteiger partial charge in [0.2, 0.25) is 6.79 Å². The van der Waals surface area contributed by atoms with Crippen molar-refractivity contribution in [3.63, 3.8) is 0 Å². The number of aliphatic imine (C=N–C) groups is 1. The van der Waals surface area contributed by atoms with Gasteiger partial charge in [-0.15, -0.1) is 0 Å². The van der Waals surface area contributed by atoms with Crippen LogP contribution in [0.2, 0.25) is 0 Å². The van der Waals surface area contributed by atoms with Crippen molar-refractivity contribution in [1.82, 2.24) is 20.4 Å². The van der Waals surface area contributed by atoms with Gasteiger partial charge in [-0.1, -0.05) is 6.07 Å². The Labute approximate surface area is 154 Å². The SMILES string of the molecule is CCNC(=NCc1ccc2c(c1)OCO2)NCCc1c(C)nn(C)c1C. The minimum atomic E-state index is 0.291. The van der Waals surface area contributed by atoms with Crippen LogP contribution in [0, 0.1) is 13.8 Å². The smallest absolute Gasteiger partial charge is 0.231 e. The molecule has 2 heterocycles. The molecule has 1 aliphatic rings. The number of hydrogen-bond acceptors (Lipinski definition) is 4. The molecule has 3 rings (SSSR count). The first-order chi connectivity index (χ1) is 12.6. The number of hydrogen-bond donors (Lipinski definition) is 2. The van der Waals surface area contributed by atoms with Crippen LogP contribution in [0.5, 0.6) is 11.5 Å². The quantitative estimate of drug-likeness (QED) is 0.612. The maximum atomic E-state index is 5.42. The molecule has 1 aliphatic heterocycles. The third-order valence-corrected chi connectivity index (χ3v) is 4.53. The van der Waals surface area contributed by atoms with Crippen LogP contribution in [0.3, 0.4) is 0 Å². The van der Waals surface area contributed by atoms with Crippen LogP contribution in [-0.4, -0.2) is 35.6 Å². The van der Waals surface area contributed by atoms with Crippen LogP contribution in [0.1, 0.15) is 29.4 Å². The molecule has 0 saturated carbocycles. The van der Waals surface area contributed by atoms with Gasteiger partial charge in [-0.05, 0) is 50.5 Å². The van der Waals surface area contributed by atoms with E-state index in [4.69, 9.17) is 9.47 Å². The number of nitrogens with one attached hydrogen (secondary N) is 2. The van der Waals surface area contributed by atoms with Gasteiger partial charge in [-0.3, -0.25) is 4.68 Å². The Bertz CT molecular complexity index is 797. The highest BCUT2D eigenvalue weighted by atomic mass is 16.7. The molecule has 0 bridgehead atoms. The molecule has 1 aromatic heterocycles. The zero-order chi connectivity index (χ0) is 18.5. The van der Waals surface area contributed by atoms with Crippen molar-refractivity contribution in [1.29, 1.82) is 0 Å². The predicted octanol–water partition coefficient (Wildman–Crippen LogP) is 2.06. The second-order valence-electron chi connectivity index (χ2n) is 6.33. The van der Waals surface area contributed by atoms with Crippen LogP contribution < -0.4 is 20.1 Å². The first kappa shape index (κ1) is 18.1. The van der Waals surface area contributed by atoms with E-state index in [2.05, 4.69) is 41.5 Å². The van der Waals surface area contributed by atoms with Gasteiger partial charge in [0, 0.05) is 25.8 Å². The van der Waals surface area contributed by atoms with Gasteiger partial charge < -0.3 is 20.1 Å². The Morgan fingerprint density at radius 2 is 2.04 bits per heavy atom. The zero-order valence-corrected chi connectivity index (χ0v) is 15.9. The molecule has 2 aromatic rings. The van der Waals surface area contributed by atoms with Crippen molar-refractivity contribution in [3.05, 3.63) is 40.7 Å². The van der Waals surface area contributed by atoms with Crippen molar-refractivity contribution in [2.45, 2.75) is 33.7 Å². The van der Waals surface area contributed by atoms with Gasteiger partial charge in [0.25, 0.3) is 0 Å². The molecule has 0 spiro atoms. The first-order valence-corrected chi connectivity index (χ1v) is 8.98. The van der Waals surface area contributed by atoms with Gasteiger partial charge in [0.05, 0.1) is 12.2 Å². The Kier molecular flexibility index (Phi) is 5.65. The number of rotatable bonds is 6. The normalized spacial score (nSPS) is 13.2. The van der Waals surface area contributed by atoms with Crippen LogP contribution in [0.25, 0.3) is 0 Å². The molecule has 0 amide bonds.